The molecule has 0 nitrogen and oxygen atoms in total. The highest BCUT2D eigenvalue weighted by Gasteiger charge is 2.66. The largest absolute Gasteiger partial charge is 0.204 e. The van der Waals surface area contributed by atoms with Crippen molar-refractivity contribution in [3.63, 3.8) is 0 Å². The number of benzene rings is 1. The van der Waals surface area contributed by atoms with Gasteiger partial charge >= 0.3 is 0 Å². The highest BCUT2D eigenvalue weighted by molar-refractivity contribution is 9.09. The standard InChI is InChI=1S/C15H14BrClF2/c16-15(8-4-10(18)11(19)5-9(8)17)14-12-6-1-2-7(3-6)13(12)14/h4-7,12-15H,1-3H2. The first-order valence-corrected chi connectivity index (χ1v) is 8.16. The SMILES string of the molecule is Fc1cc(Cl)c(C(Br)C2C3C4CCC(C4)C32)cc1F. The smallest absolute Gasteiger partial charge is 0.160 e. The molecule has 3 aliphatic carbocycles. The Kier molecular flexibility index (Phi) is 2.76. The molecule has 1 aromatic carbocycles. The van der Waals surface area contributed by atoms with Crippen LogP contribution in [0.2, 0.25) is 5.02 Å². The first kappa shape index (κ1) is 12.6. The fraction of sp³-hybridized carbons (Fsp3) is 0.600. The molecule has 4 rings (SSSR count). The minimum atomic E-state index is -0.871. The molecule has 3 aliphatic rings. The Balaban J connectivity index is 1.62. The second-order valence-electron chi connectivity index (χ2n) is 6.25. The van der Waals surface area contributed by atoms with Crippen LogP contribution in [0.4, 0.5) is 8.78 Å². The maximum atomic E-state index is 13.4. The topological polar surface area (TPSA) is 0 Å². The van der Waals surface area contributed by atoms with Crippen LogP contribution in [0.1, 0.15) is 29.7 Å². The number of hydrogen-bond acceptors (Lipinski definition) is 0. The molecule has 2 bridgehead atoms. The zero-order chi connectivity index (χ0) is 13.3. The van der Waals surface area contributed by atoms with Gasteiger partial charge in [-0.3, -0.25) is 0 Å². The summed E-state index contributed by atoms with van der Waals surface area (Å²) in [6.07, 6.45) is 4.10. The van der Waals surface area contributed by atoms with Gasteiger partial charge in [-0.1, -0.05) is 27.5 Å². The van der Waals surface area contributed by atoms with E-state index in [4.69, 9.17) is 11.6 Å². The molecule has 19 heavy (non-hydrogen) atoms. The lowest BCUT2D eigenvalue weighted by molar-refractivity contribution is 0.456. The Bertz CT molecular complexity index is 531. The third-order valence-electron chi connectivity index (χ3n) is 5.47. The van der Waals surface area contributed by atoms with E-state index in [9.17, 15) is 8.78 Å². The van der Waals surface area contributed by atoms with Gasteiger partial charge in [-0.2, -0.15) is 0 Å². The van der Waals surface area contributed by atoms with Gasteiger partial charge in [-0.15, -0.1) is 0 Å². The second-order valence-corrected chi connectivity index (χ2v) is 7.65. The van der Waals surface area contributed by atoms with E-state index in [1.807, 2.05) is 0 Å². The van der Waals surface area contributed by atoms with Gasteiger partial charge in [0.15, 0.2) is 11.6 Å². The summed E-state index contributed by atoms with van der Waals surface area (Å²) < 4.78 is 26.5. The summed E-state index contributed by atoms with van der Waals surface area (Å²) in [4.78, 5) is 0.0634. The molecule has 5 unspecified atom stereocenters. The molecule has 4 heteroatoms. The van der Waals surface area contributed by atoms with E-state index in [0.717, 1.165) is 29.7 Å². The molecule has 0 amide bonds. The molecule has 102 valence electrons. The van der Waals surface area contributed by atoms with Crippen molar-refractivity contribution in [3.05, 3.63) is 34.4 Å². The van der Waals surface area contributed by atoms with Gasteiger partial charge < -0.3 is 0 Å². The summed E-state index contributed by atoms with van der Waals surface area (Å²) in [5.41, 5.74) is 0.708. The van der Waals surface area contributed by atoms with Gasteiger partial charge in [0.25, 0.3) is 0 Å². The molecule has 0 saturated heterocycles. The predicted octanol–water partition coefficient (Wildman–Crippen LogP) is 5.35. The van der Waals surface area contributed by atoms with E-state index >= 15 is 0 Å². The van der Waals surface area contributed by atoms with Crippen LogP contribution in [0.5, 0.6) is 0 Å². The van der Waals surface area contributed by atoms with Gasteiger partial charge in [0.1, 0.15) is 0 Å². The lowest BCUT2D eigenvalue weighted by Crippen LogP contribution is -2.05. The van der Waals surface area contributed by atoms with Crippen LogP contribution in [-0.2, 0) is 0 Å². The molecular formula is C15H14BrClF2. The second kappa shape index (κ2) is 4.17. The van der Waals surface area contributed by atoms with Crippen LogP contribution in [0, 0.1) is 41.2 Å². The van der Waals surface area contributed by atoms with Crippen LogP contribution in [-0.4, -0.2) is 0 Å². The van der Waals surface area contributed by atoms with E-state index < -0.39 is 11.6 Å². The molecule has 0 spiro atoms. The minimum Gasteiger partial charge on any atom is -0.204 e. The normalized spacial score (nSPS) is 40.3. The Morgan fingerprint density at radius 3 is 2.32 bits per heavy atom. The third-order valence-corrected chi connectivity index (χ3v) is 6.90. The van der Waals surface area contributed by atoms with Crippen LogP contribution in [0.15, 0.2) is 12.1 Å². The summed E-state index contributed by atoms with van der Waals surface area (Å²) in [6, 6.07) is 2.35. The maximum absolute atomic E-state index is 13.4. The van der Waals surface area contributed by atoms with Crippen molar-refractivity contribution >= 4 is 27.5 Å². The highest BCUT2D eigenvalue weighted by Crippen LogP contribution is 2.73. The van der Waals surface area contributed by atoms with Gasteiger partial charge in [-0.05, 0) is 66.5 Å². The molecule has 1 aromatic rings. The van der Waals surface area contributed by atoms with Crippen molar-refractivity contribution in [1.29, 1.82) is 0 Å². The number of rotatable bonds is 2. The number of hydrogen-bond donors (Lipinski definition) is 0. The molecule has 5 atom stereocenters. The Labute approximate surface area is 124 Å². The fourth-order valence-corrected chi connectivity index (χ4v) is 6.22. The van der Waals surface area contributed by atoms with E-state index in [-0.39, 0.29) is 4.83 Å². The Hall–Kier alpha value is -0.150. The van der Waals surface area contributed by atoms with E-state index in [1.54, 1.807) is 0 Å². The number of halogens is 4. The quantitative estimate of drug-likeness (QED) is 0.500. The molecule has 0 aliphatic heterocycles. The first-order valence-electron chi connectivity index (χ1n) is 6.86. The summed E-state index contributed by atoms with van der Waals surface area (Å²) in [7, 11) is 0. The molecule has 0 N–H and O–H groups in total. The molecule has 3 saturated carbocycles. The van der Waals surface area contributed by atoms with Crippen LogP contribution in [0.25, 0.3) is 0 Å². The number of alkyl halides is 1. The fourth-order valence-electron chi connectivity index (χ4n) is 4.74. The molecular weight excluding hydrogens is 334 g/mol. The lowest BCUT2D eigenvalue weighted by Gasteiger charge is -2.16. The van der Waals surface area contributed by atoms with Crippen molar-refractivity contribution in [2.45, 2.75) is 24.1 Å². The first-order chi connectivity index (χ1) is 9.08. The van der Waals surface area contributed by atoms with Crippen LogP contribution >= 0.6 is 27.5 Å². The van der Waals surface area contributed by atoms with E-state index in [1.165, 1.54) is 25.3 Å². The van der Waals surface area contributed by atoms with Crippen LogP contribution < -0.4 is 0 Å². The minimum absolute atomic E-state index is 0.0634. The summed E-state index contributed by atoms with van der Waals surface area (Å²) in [5.74, 6) is 2.18. The van der Waals surface area contributed by atoms with Crippen molar-refractivity contribution < 1.29 is 8.78 Å². The molecule has 3 fully saturated rings. The molecule has 0 aromatic heterocycles. The summed E-state index contributed by atoms with van der Waals surface area (Å²) in [5, 5.41) is 0.332. The zero-order valence-corrected chi connectivity index (χ0v) is 12.6. The van der Waals surface area contributed by atoms with Crippen molar-refractivity contribution in [2.75, 3.05) is 0 Å². The van der Waals surface area contributed by atoms with Crippen molar-refractivity contribution in [2.24, 2.45) is 29.6 Å². The lowest BCUT2D eigenvalue weighted by atomic mass is 9.97. The summed E-state index contributed by atoms with van der Waals surface area (Å²) in [6.45, 7) is 0. The van der Waals surface area contributed by atoms with Gasteiger partial charge in [0, 0.05) is 9.85 Å². The Morgan fingerprint density at radius 1 is 1.11 bits per heavy atom. The van der Waals surface area contributed by atoms with E-state index in [0.29, 0.717) is 16.5 Å². The zero-order valence-electron chi connectivity index (χ0n) is 10.3. The third kappa shape index (κ3) is 1.73. The average Bonchev–Trinajstić information content (AvgIpc) is 2.81. The number of fused-ring (bicyclic) bond motifs is 5. The maximum Gasteiger partial charge on any atom is 0.160 e. The monoisotopic (exact) mass is 346 g/mol. The molecule has 0 heterocycles. The molecule has 0 radical (unpaired) electrons. The predicted molar refractivity (Wildman–Crippen MR) is 74.3 cm³/mol. The Morgan fingerprint density at radius 2 is 1.68 bits per heavy atom. The van der Waals surface area contributed by atoms with Crippen LogP contribution in [0.3, 0.4) is 0 Å². The summed E-state index contributed by atoms with van der Waals surface area (Å²) >= 11 is 9.76. The van der Waals surface area contributed by atoms with Gasteiger partial charge in [0.2, 0.25) is 0 Å². The average molecular weight is 348 g/mol. The highest BCUT2D eigenvalue weighted by atomic mass is 79.9. The van der Waals surface area contributed by atoms with Gasteiger partial charge in [-0.25, -0.2) is 8.78 Å². The van der Waals surface area contributed by atoms with Crippen molar-refractivity contribution in [3.8, 4) is 0 Å². The van der Waals surface area contributed by atoms with Crippen molar-refractivity contribution in [1.82, 2.24) is 0 Å². The van der Waals surface area contributed by atoms with Gasteiger partial charge in [0.05, 0.1) is 0 Å². The van der Waals surface area contributed by atoms with E-state index in [2.05, 4.69) is 15.9 Å².